The zero-order valence-electron chi connectivity index (χ0n) is 18.5. The molecular formula is C24H41FO3. The number of benzene rings is 1. The van der Waals surface area contributed by atoms with Crippen molar-refractivity contribution in [3.8, 4) is 0 Å². The number of aliphatic hydroxyl groups is 1. The highest BCUT2D eigenvalue weighted by molar-refractivity contribution is 5.16. The van der Waals surface area contributed by atoms with Gasteiger partial charge in [0.15, 0.2) is 0 Å². The molecule has 0 spiro atoms. The van der Waals surface area contributed by atoms with Gasteiger partial charge in [-0.05, 0) is 64.7 Å². The number of aryl methyl sites for hydroxylation is 1. The van der Waals surface area contributed by atoms with E-state index in [0.717, 1.165) is 24.8 Å². The quantitative estimate of drug-likeness (QED) is 0.267. The maximum atomic E-state index is 13.5. The van der Waals surface area contributed by atoms with E-state index in [9.17, 15) is 9.50 Å². The van der Waals surface area contributed by atoms with Crippen molar-refractivity contribution >= 4 is 0 Å². The highest BCUT2D eigenvalue weighted by atomic mass is 19.1. The first-order valence-electron chi connectivity index (χ1n) is 11.1. The van der Waals surface area contributed by atoms with E-state index in [2.05, 4.69) is 6.92 Å². The lowest BCUT2D eigenvalue weighted by Gasteiger charge is -2.38. The van der Waals surface area contributed by atoms with Crippen molar-refractivity contribution < 1.29 is 19.0 Å². The monoisotopic (exact) mass is 396 g/mol. The first-order valence-corrected chi connectivity index (χ1v) is 11.1. The molecule has 0 aliphatic rings. The molecule has 162 valence electrons. The van der Waals surface area contributed by atoms with E-state index in [1.54, 1.807) is 12.1 Å². The molecule has 0 aromatic heterocycles. The molecule has 1 N–H and O–H groups in total. The lowest BCUT2D eigenvalue weighted by atomic mass is 9.91. The maximum absolute atomic E-state index is 13.5. The molecule has 0 bridgehead atoms. The second-order valence-electron chi connectivity index (χ2n) is 8.39. The predicted octanol–water partition coefficient (Wildman–Crippen LogP) is 6.62. The van der Waals surface area contributed by atoms with Crippen molar-refractivity contribution in [3.05, 3.63) is 35.6 Å². The average Bonchev–Trinajstić information content (AvgIpc) is 2.58. The molecule has 0 saturated heterocycles. The van der Waals surface area contributed by atoms with Gasteiger partial charge in [-0.15, -0.1) is 0 Å². The summed E-state index contributed by atoms with van der Waals surface area (Å²) in [6.07, 6.45) is 9.09. The van der Waals surface area contributed by atoms with Crippen LogP contribution >= 0.6 is 0 Å². The molecule has 1 unspecified atom stereocenters. The zero-order valence-corrected chi connectivity index (χ0v) is 18.5. The normalized spacial score (nSPS) is 13.5. The van der Waals surface area contributed by atoms with E-state index in [4.69, 9.17) is 9.47 Å². The Morgan fingerprint density at radius 1 is 0.929 bits per heavy atom. The fourth-order valence-electron chi connectivity index (χ4n) is 3.61. The van der Waals surface area contributed by atoms with Crippen LogP contribution in [0.25, 0.3) is 0 Å². The lowest BCUT2D eigenvalue weighted by Crippen LogP contribution is -2.47. The van der Waals surface area contributed by atoms with Gasteiger partial charge >= 0.3 is 0 Å². The molecule has 0 amide bonds. The van der Waals surface area contributed by atoms with Crippen molar-refractivity contribution in [2.45, 2.75) is 111 Å². The van der Waals surface area contributed by atoms with Gasteiger partial charge in [-0.1, -0.05) is 57.6 Å². The minimum absolute atomic E-state index is 0.148. The van der Waals surface area contributed by atoms with Gasteiger partial charge in [0.05, 0.1) is 12.2 Å². The van der Waals surface area contributed by atoms with Crippen molar-refractivity contribution in [3.63, 3.8) is 0 Å². The first kappa shape index (κ1) is 25.1. The van der Waals surface area contributed by atoms with Crippen LogP contribution in [-0.2, 0) is 15.9 Å². The summed E-state index contributed by atoms with van der Waals surface area (Å²) in [7, 11) is 0. The highest BCUT2D eigenvalue weighted by Gasteiger charge is 2.40. The minimum atomic E-state index is -1.61. The molecule has 3 nitrogen and oxygen atoms in total. The molecule has 1 atom stereocenters. The predicted molar refractivity (Wildman–Crippen MR) is 114 cm³/mol. The summed E-state index contributed by atoms with van der Waals surface area (Å²) in [6.45, 7) is 9.84. The van der Waals surface area contributed by atoms with Gasteiger partial charge in [-0.25, -0.2) is 4.39 Å². The summed E-state index contributed by atoms with van der Waals surface area (Å²) in [5.74, 6) is -2.00. The van der Waals surface area contributed by atoms with E-state index in [-0.39, 0.29) is 23.9 Å². The van der Waals surface area contributed by atoms with Crippen LogP contribution in [0.2, 0.25) is 0 Å². The van der Waals surface area contributed by atoms with Crippen LogP contribution in [0, 0.1) is 11.7 Å². The van der Waals surface area contributed by atoms with Crippen LogP contribution in [0.5, 0.6) is 0 Å². The number of hydrogen-bond acceptors (Lipinski definition) is 3. The average molecular weight is 397 g/mol. The third-order valence-electron chi connectivity index (χ3n) is 4.90. The largest absolute Gasteiger partial charge is 0.343 e. The fourth-order valence-corrected chi connectivity index (χ4v) is 3.61. The van der Waals surface area contributed by atoms with Gasteiger partial charge in [-0.3, -0.25) is 0 Å². The Kier molecular flexibility index (Phi) is 11.9. The minimum Gasteiger partial charge on any atom is -0.343 e. The van der Waals surface area contributed by atoms with E-state index in [1.165, 1.54) is 31.7 Å². The van der Waals surface area contributed by atoms with Crippen LogP contribution in [0.3, 0.4) is 0 Å². The van der Waals surface area contributed by atoms with Crippen LogP contribution in [0.4, 0.5) is 4.39 Å². The Morgan fingerprint density at radius 2 is 1.54 bits per heavy atom. The molecule has 1 rings (SSSR count). The Bertz CT molecular complexity index is 520. The van der Waals surface area contributed by atoms with Crippen molar-refractivity contribution in [2.75, 3.05) is 0 Å². The summed E-state index contributed by atoms with van der Waals surface area (Å²) in [5, 5.41) is 11.3. The summed E-state index contributed by atoms with van der Waals surface area (Å²) in [5.41, 5.74) is 0.935. The third-order valence-corrected chi connectivity index (χ3v) is 4.90. The van der Waals surface area contributed by atoms with Gasteiger partial charge in [0.1, 0.15) is 5.82 Å². The molecule has 0 aliphatic heterocycles. The van der Waals surface area contributed by atoms with E-state index >= 15 is 0 Å². The Hall–Kier alpha value is -0.970. The Balaban J connectivity index is 2.80. The molecule has 0 fully saturated rings. The van der Waals surface area contributed by atoms with Crippen LogP contribution in [-0.4, -0.2) is 23.3 Å². The summed E-state index contributed by atoms with van der Waals surface area (Å²) < 4.78 is 25.3. The summed E-state index contributed by atoms with van der Waals surface area (Å²) in [6, 6.07) is 6.68. The SMILES string of the molecule is CCCCCCCCC(CCc1cccc(F)c1)C(O)(OC(C)C)OC(C)C. The number of unbranched alkanes of at least 4 members (excludes halogenated alkanes) is 5. The van der Waals surface area contributed by atoms with Crippen molar-refractivity contribution in [1.29, 1.82) is 0 Å². The fraction of sp³-hybridized carbons (Fsp3) is 0.750. The topological polar surface area (TPSA) is 38.7 Å². The second-order valence-corrected chi connectivity index (χ2v) is 8.39. The van der Waals surface area contributed by atoms with Gasteiger partial charge in [0, 0.05) is 5.92 Å². The standard InChI is InChI=1S/C24H41FO3/c1-6-7-8-9-10-11-14-22(17-16-21-13-12-15-23(25)18-21)24(26,27-19(2)3)28-20(4)5/h12-13,15,18-20,22,26H,6-11,14,16-17H2,1-5H3. The third kappa shape index (κ3) is 9.99. The Morgan fingerprint density at radius 3 is 2.11 bits per heavy atom. The van der Waals surface area contributed by atoms with Crippen LogP contribution in [0.15, 0.2) is 24.3 Å². The lowest BCUT2D eigenvalue weighted by molar-refractivity contribution is -0.407. The number of ether oxygens (including phenoxy) is 2. The molecule has 0 saturated carbocycles. The van der Waals surface area contributed by atoms with E-state index < -0.39 is 5.97 Å². The molecular weight excluding hydrogens is 355 g/mol. The molecule has 0 aliphatic carbocycles. The van der Waals surface area contributed by atoms with Gasteiger partial charge in [-0.2, -0.15) is 0 Å². The number of rotatable bonds is 15. The van der Waals surface area contributed by atoms with E-state index in [0.29, 0.717) is 12.8 Å². The van der Waals surface area contributed by atoms with Crippen molar-refractivity contribution in [2.24, 2.45) is 5.92 Å². The van der Waals surface area contributed by atoms with Crippen LogP contribution < -0.4 is 0 Å². The molecule has 1 aromatic rings. The second kappa shape index (κ2) is 13.3. The van der Waals surface area contributed by atoms with Crippen LogP contribution in [0.1, 0.15) is 91.5 Å². The highest BCUT2D eigenvalue weighted by Crippen LogP contribution is 2.33. The smallest absolute Gasteiger partial charge is 0.283 e. The molecule has 4 heteroatoms. The van der Waals surface area contributed by atoms with Gasteiger partial charge < -0.3 is 14.6 Å². The summed E-state index contributed by atoms with van der Waals surface area (Å²) in [4.78, 5) is 0. The number of halogens is 1. The molecule has 0 radical (unpaired) electrons. The van der Waals surface area contributed by atoms with Crippen molar-refractivity contribution in [1.82, 2.24) is 0 Å². The maximum Gasteiger partial charge on any atom is 0.283 e. The Labute approximate surface area is 171 Å². The number of hydrogen-bond donors (Lipinski definition) is 1. The van der Waals surface area contributed by atoms with E-state index in [1.807, 2.05) is 33.8 Å². The molecule has 0 heterocycles. The molecule has 28 heavy (non-hydrogen) atoms. The van der Waals surface area contributed by atoms with Gasteiger partial charge in [0.25, 0.3) is 5.97 Å². The zero-order chi connectivity index (χ0) is 21.0. The summed E-state index contributed by atoms with van der Waals surface area (Å²) >= 11 is 0. The van der Waals surface area contributed by atoms with Gasteiger partial charge in [0.2, 0.25) is 0 Å². The first-order chi connectivity index (χ1) is 13.3. The molecule has 1 aromatic carbocycles.